The van der Waals surface area contributed by atoms with E-state index in [9.17, 15) is 5.11 Å². The van der Waals surface area contributed by atoms with Crippen LogP contribution in [0.5, 0.6) is 5.75 Å². The number of hydrogen-bond acceptors (Lipinski definition) is 4. The third kappa shape index (κ3) is 4.25. The molecule has 1 aromatic carbocycles. The summed E-state index contributed by atoms with van der Waals surface area (Å²) in [7, 11) is 1.72. The van der Waals surface area contributed by atoms with E-state index in [1.165, 1.54) is 31.2 Å². The van der Waals surface area contributed by atoms with Crippen molar-refractivity contribution in [3.05, 3.63) is 29.8 Å². The van der Waals surface area contributed by atoms with Crippen LogP contribution >= 0.6 is 0 Å². The Kier molecular flexibility index (Phi) is 5.92. The number of aliphatic hydroxyl groups excluding tert-OH is 1. The number of aliphatic hydroxyl groups is 1. The van der Waals surface area contributed by atoms with Gasteiger partial charge in [0.2, 0.25) is 0 Å². The van der Waals surface area contributed by atoms with E-state index in [-0.39, 0.29) is 0 Å². The first-order valence-corrected chi connectivity index (χ1v) is 9.02. The molecular weight excluding hydrogens is 288 g/mol. The van der Waals surface area contributed by atoms with E-state index in [0.29, 0.717) is 12.6 Å². The van der Waals surface area contributed by atoms with Gasteiger partial charge in [0.25, 0.3) is 0 Å². The summed E-state index contributed by atoms with van der Waals surface area (Å²) in [6.07, 6.45) is 6.34. The summed E-state index contributed by atoms with van der Waals surface area (Å²) in [6.45, 7) is 4.59. The van der Waals surface area contributed by atoms with Crippen molar-refractivity contribution in [3.63, 3.8) is 0 Å². The number of ether oxygens (including phenoxy) is 1. The first-order chi connectivity index (χ1) is 11.3. The number of nitrogens with zero attached hydrogens (tertiary/aromatic N) is 2. The van der Waals surface area contributed by atoms with Crippen molar-refractivity contribution in [2.24, 2.45) is 0 Å². The second-order valence-corrected chi connectivity index (χ2v) is 6.93. The highest BCUT2D eigenvalue weighted by Gasteiger charge is 2.32. The number of rotatable bonds is 6. The van der Waals surface area contributed by atoms with Crippen LogP contribution in [0.4, 0.5) is 0 Å². The second kappa shape index (κ2) is 8.13. The van der Waals surface area contributed by atoms with Gasteiger partial charge in [-0.15, -0.1) is 0 Å². The van der Waals surface area contributed by atoms with Gasteiger partial charge in [-0.1, -0.05) is 25.0 Å². The molecule has 1 N–H and O–H groups in total. The van der Waals surface area contributed by atoms with Gasteiger partial charge in [0.05, 0.1) is 7.11 Å². The van der Waals surface area contributed by atoms with E-state index in [0.717, 1.165) is 44.4 Å². The molecule has 1 aliphatic carbocycles. The van der Waals surface area contributed by atoms with Crippen molar-refractivity contribution < 1.29 is 9.84 Å². The first kappa shape index (κ1) is 16.7. The maximum absolute atomic E-state index is 9.46. The molecular formula is C19H30N2O2. The monoisotopic (exact) mass is 318 g/mol. The molecule has 0 unspecified atom stereocenters. The summed E-state index contributed by atoms with van der Waals surface area (Å²) in [6, 6.07) is 9.62. The van der Waals surface area contributed by atoms with Crippen LogP contribution in [0.3, 0.4) is 0 Å². The zero-order chi connectivity index (χ0) is 16.1. The molecule has 3 rings (SSSR count). The van der Waals surface area contributed by atoms with Crippen LogP contribution in [-0.2, 0) is 6.54 Å². The molecule has 4 heteroatoms. The third-order valence-electron chi connectivity index (χ3n) is 5.41. The van der Waals surface area contributed by atoms with Gasteiger partial charge in [-0.25, -0.2) is 0 Å². The molecule has 0 aromatic heterocycles. The molecule has 4 nitrogen and oxygen atoms in total. The lowest BCUT2D eigenvalue weighted by Crippen LogP contribution is -2.55. The summed E-state index contributed by atoms with van der Waals surface area (Å²) in [5, 5.41) is 9.46. The Hall–Kier alpha value is -1.10. The first-order valence-electron chi connectivity index (χ1n) is 9.02. The Morgan fingerprint density at radius 1 is 1.22 bits per heavy atom. The van der Waals surface area contributed by atoms with E-state index in [1.54, 1.807) is 7.11 Å². The van der Waals surface area contributed by atoms with Crippen LogP contribution in [0.2, 0.25) is 0 Å². The van der Waals surface area contributed by atoms with Crippen LogP contribution in [0.15, 0.2) is 24.3 Å². The number of methoxy groups -OCH3 is 1. The summed E-state index contributed by atoms with van der Waals surface area (Å²) < 4.78 is 5.33. The van der Waals surface area contributed by atoms with Gasteiger partial charge in [0.15, 0.2) is 0 Å². The van der Waals surface area contributed by atoms with E-state index < -0.39 is 0 Å². The van der Waals surface area contributed by atoms with Gasteiger partial charge in [-0.3, -0.25) is 9.80 Å². The van der Waals surface area contributed by atoms with Crippen molar-refractivity contribution in [3.8, 4) is 5.75 Å². The fraction of sp³-hybridized carbons (Fsp3) is 0.684. The van der Waals surface area contributed by atoms with E-state index in [1.807, 2.05) is 6.07 Å². The molecule has 0 radical (unpaired) electrons. The van der Waals surface area contributed by atoms with Crippen LogP contribution in [0, 0.1) is 0 Å². The van der Waals surface area contributed by atoms with Crippen molar-refractivity contribution in [2.45, 2.75) is 50.7 Å². The highest BCUT2D eigenvalue weighted by atomic mass is 16.5. The van der Waals surface area contributed by atoms with Crippen molar-refractivity contribution in [1.82, 2.24) is 9.80 Å². The zero-order valence-electron chi connectivity index (χ0n) is 14.3. The minimum absolute atomic E-state index is 0.293. The normalized spacial score (nSPS) is 24.2. The summed E-state index contributed by atoms with van der Waals surface area (Å²) in [5.41, 5.74) is 1.31. The van der Waals surface area contributed by atoms with Crippen molar-refractivity contribution in [2.75, 3.05) is 33.4 Å². The average Bonchev–Trinajstić information content (AvgIpc) is 3.10. The molecule has 0 spiro atoms. The Morgan fingerprint density at radius 2 is 2.04 bits per heavy atom. The van der Waals surface area contributed by atoms with Crippen molar-refractivity contribution >= 4 is 0 Å². The number of piperazine rings is 1. The largest absolute Gasteiger partial charge is 0.497 e. The quantitative estimate of drug-likeness (QED) is 0.874. The van der Waals surface area contributed by atoms with E-state index in [4.69, 9.17) is 4.74 Å². The lowest BCUT2D eigenvalue weighted by molar-refractivity contribution is 0.0267. The fourth-order valence-electron chi connectivity index (χ4n) is 4.23. The maximum atomic E-state index is 9.46. The smallest absolute Gasteiger partial charge is 0.119 e. The van der Waals surface area contributed by atoms with Gasteiger partial charge in [0, 0.05) is 44.9 Å². The molecule has 0 bridgehead atoms. The molecule has 1 heterocycles. The summed E-state index contributed by atoms with van der Waals surface area (Å²) in [4.78, 5) is 5.21. The Balaban J connectivity index is 1.61. The fourth-order valence-corrected chi connectivity index (χ4v) is 4.23. The van der Waals surface area contributed by atoms with Crippen LogP contribution in [0.25, 0.3) is 0 Å². The van der Waals surface area contributed by atoms with Crippen LogP contribution in [-0.4, -0.2) is 60.3 Å². The molecule has 1 aromatic rings. The molecule has 1 saturated heterocycles. The highest BCUT2D eigenvalue weighted by Crippen LogP contribution is 2.28. The Labute approximate surface area is 140 Å². The second-order valence-electron chi connectivity index (χ2n) is 6.93. The van der Waals surface area contributed by atoms with Gasteiger partial charge in [-0.2, -0.15) is 0 Å². The third-order valence-corrected chi connectivity index (χ3v) is 5.41. The summed E-state index contributed by atoms with van der Waals surface area (Å²) in [5.74, 6) is 0.930. The molecule has 1 aliphatic heterocycles. The van der Waals surface area contributed by atoms with Gasteiger partial charge >= 0.3 is 0 Å². The molecule has 128 valence electrons. The SMILES string of the molecule is COc1cccc(CN2CCN(C3CCCC3)[C@H](CCO)C2)c1. The van der Waals surface area contributed by atoms with Gasteiger partial charge in [-0.05, 0) is 37.0 Å². The van der Waals surface area contributed by atoms with Gasteiger partial charge in [0.1, 0.15) is 5.75 Å². The van der Waals surface area contributed by atoms with E-state index in [2.05, 4.69) is 28.0 Å². The van der Waals surface area contributed by atoms with Crippen LogP contribution in [0.1, 0.15) is 37.7 Å². The lowest BCUT2D eigenvalue weighted by atomic mass is 10.0. The summed E-state index contributed by atoms with van der Waals surface area (Å²) >= 11 is 0. The number of benzene rings is 1. The standard InChI is InChI=1S/C19H30N2O2/c1-23-19-8-4-5-16(13-19)14-20-10-11-21(17-6-2-3-7-17)18(15-20)9-12-22/h4-5,8,13,17-18,22H,2-3,6-7,9-12,14-15H2,1H3/t18-/m1/s1. The van der Waals surface area contributed by atoms with Gasteiger partial charge < -0.3 is 9.84 Å². The molecule has 1 atom stereocenters. The Morgan fingerprint density at radius 3 is 2.78 bits per heavy atom. The maximum Gasteiger partial charge on any atom is 0.119 e. The Bertz CT molecular complexity index is 488. The molecule has 2 fully saturated rings. The number of hydrogen-bond donors (Lipinski definition) is 1. The lowest BCUT2D eigenvalue weighted by Gasteiger charge is -2.44. The van der Waals surface area contributed by atoms with E-state index >= 15 is 0 Å². The molecule has 0 amide bonds. The predicted molar refractivity (Wildman–Crippen MR) is 92.7 cm³/mol. The minimum atomic E-state index is 0.293. The topological polar surface area (TPSA) is 35.9 Å². The molecule has 23 heavy (non-hydrogen) atoms. The molecule has 1 saturated carbocycles. The predicted octanol–water partition coefficient (Wildman–Crippen LogP) is 2.51. The minimum Gasteiger partial charge on any atom is -0.497 e. The zero-order valence-corrected chi connectivity index (χ0v) is 14.3. The van der Waals surface area contributed by atoms with Crippen molar-refractivity contribution in [1.29, 1.82) is 0 Å². The average molecular weight is 318 g/mol. The van der Waals surface area contributed by atoms with Crippen LogP contribution < -0.4 is 4.74 Å². The highest BCUT2D eigenvalue weighted by molar-refractivity contribution is 5.28. The molecule has 2 aliphatic rings.